The van der Waals surface area contributed by atoms with Gasteiger partial charge in [0.05, 0.1) is 11.2 Å². The molecule has 0 saturated carbocycles. The Morgan fingerprint density at radius 3 is 2.33 bits per heavy atom. The van der Waals surface area contributed by atoms with Crippen molar-refractivity contribution in [2.24, 2.45) is 19.8 Å². The van der Waals surface area contributed by atoms with Crippen LogP contribution in [0.5, 0.6) is 0 Å². The average molecular weight is 473 g/mol. The van der Waals surface area contributed by atoms with E-state index in [0.29, 0.717) is 40.9 Å². The average Bonchev–Trinajstić information content (AvgIpc) is 3.38. The number of aryl methyl sites for hydroxylation is 3. The highest BCUT2D eigenvalue weighted by Gasteiger charge is 2.22. The van der Waals surface area contributed by atoms with Crippen LogP contribution >= 0.6 is 12.4 Å². The molecule has 0 aliphatic rings. The minimum Gasteiger partial charge on any atom is -0.350 e. The summed E-state index contributed by atoms with van der Waals surface area (Å²) in [5.41, 5.74) is 8.03. The maximum absolute atomic E-state index is 14.2. The van der Waals surface area contributed by atoms with E-state index in [0.717, 1.165) is 17.5 Å². The lowest BCUT2D eigenvalue weighted by Gasteiger charge is -2.04. The van der Waals surface area contributed by atoms with Gasteiger partial charge in [0.25, 0.3) is 0 Å². The van der Waals surface area contributed by atoms with Crippen LogP contribution in [0.4, 0.5) is 8.78 Å². The van der Waals surface area contributed by atoms with Crippen LogP contribution in [0, 0.1) is 11.6 Å². The number of hydrogen-bond acceptors (Lipinski definition) is 3. The Bertz CT molecular complexity index is 1540. The lowest BCUT2D eigenvalue weighted by molar-refractivity contribution is 0.628. The minimum absolute atomic E-state index is 0. The molecule has 10 heteroatoms. The number of hydrogen-bond donors (Lipinski definition) is 1. The summed E-state index contributed by atoms with van der Waals surface area (Å²) >= 11 is 0. The van der Waals surface area contributed by atoms with Crippen molar-refractivity contribution >= 4 is 34.2 Å². The van der Waals surface area contributed by atoms with Crippen LogP contribution in [0.3, 0.4) is 0 Å². The van der Waals surface area contributed by atoms with Crippen molar-refractivity contribution in [3.05, 3.63) is 70.9 Å². The maximum atomic E-state index is 14.2. The molecule has 0 spiro atoms. The second kappa shape index (κ2) is 8.49. The van der Waals surface area contributed by atoms with E-state index in [9.17, 15) is 13.6 Å². The third-order valence-electron chi connectivity index (χ3n) is 5.78. The highest BCUT2D eigenvalue weighted by molar-refractivity contribution is 5.96. The molecule has 7 nitrogen and oxygen atoms in total. The predicted octanol–water partition coefficient (Wildman–Crippen LogP) is 3.73. The molecule has 0 atom stereocenters. The van der Waals surface area contributed by atoms with Crippen molar-refractivity contribution < 1.29 is 8.78 Å². The fourth-order valence-corrected chi connectivity index (χ4v) is 4.27. The van der Waals surface area contributed by atoms with E-state index in [1.807, 2.05) is 28.6 Å². The van der Waals surface area contributed by atoms with Crippen molar-refractivity contribution in [2.75, 3.05) is 6.54 Å². The second-order valence-corrected chi connectivity index (χ2v) is 7.89. The van der Waals surface area contributed by atoms with Gasteiger partial charge in [-0.1, -0.05) is 0 Å². The van der Waals surface area contributed by atoms with E-state index in [2.05, 4.69) is 5.10 Å². The number of halogens is 3. The Kier molecular flexibility index (Phi) is 5.85. The van der Waals surface area contributed by atoms with E-state index < -0.39 is 5.82 Å². The van der Waals surface area contributed by atoms with E-state index in [-0.39, 0.29) is 23.9 Å². The molecule has 0 fully saturated rings. The highest BCUT2D eigenvalue weighted by atomic mass is 35.5. The van der Waals surface area contributed by atoms with Gasteiger partial charge in [-0.2, -0.15) is 0 Å². The van der Waals surface area contributed by atoms with Crippen LogP contribution in [0.15, 0.2) is 53.6 Å². The third kappa shape index (κ3) is 3.63. The lowest BCUT2D eigenvalue weighted by Crippen LogP contribution is -2.21. The Morgan fingerprint density at radius 2 is 1.64 bits per heavy atom. The summed E-state index contributed by atoms with van der Waals surface area (Å²) < 4.78 is 34.8. The fraction of sp³-hybridized carbons (Fsp3) is 0.217. The van der Waals surface area contributed by atoms with Crippen LogP contribution in [0.2, 0.25) is 0 Å². The number of fused-ring (bicyclic) bond motifs is 2. The number of benzene rings is 2. The lowest BCUT2D eigenvalue weighted by atomic mass is 10.1. The van der Waals surface area contributed by atoms with Gasteiger partial charge >= 0.3 is 5.69 Å². The normalized spacial score (nSPS) is 11.4. The monoisotopic (exact) mass is 472 g/mol. The maximum Gasteiger partial charge on any atom is 0.350 e. The van der Waals surface area contributed by atoms with Crippen LogP contribution in [0.1, 0.15) is 6.42 Å². The quantitative estimate of drug-likeness (QED) is 0.423. The smallest absolute Gasteiger partial charge is 0.350 e. The van der Waals surface area contributed by atoms with Crippen molar-refractivity contribution in [3.63, 3.8) is 0 Å². The molecule has 0 aliphatic heterocycles. The Balaban J connectivity index is 0.00000259. The summed E-state index contributed by atoms with van der Waals surface area (Å²) in [7, 11) is 3.41. The van der Waals surface area contributed by atoms with Gasteiger partial charge in [0.2, 0.25) is 0 Å². The largest absolute Gasteiger partial charge is 0.350 e. The van der Waals surface area contributed by atoms with E-state index in [1.54, 1.807) is 19.2 Å². The van der Waals surface area contributed by atoms with Gasteiger partial charge in [-0.25, -0.2) is 22.8 Å². The molecular weight excluding hydrogens is 450 g/mol. The summed E-state index contributed by atoms with van der Waals surface area (Å²) in [6.45, 7) is 1.14. The Labute approximate surface area is 194 Å². The van der Waals surface area contributed by atoms with E-state index in [4.69, 9.17) is 5.73 Å². The molecule has 3 heterocycles. The number of rotatable bonds is 5. The number of nitrogens with two attached hydrogens (primary N) is 1. The molecule has 0 saturated heterocycles. The summed E-state index contributed by atoms with van der Waals surface area (Å²) in [5.74, 6) is -0.424. The van der Waals surface area contributed by atoms with E-state index >= 15 is 0 Å². The zero-order chi connectivity index (χ0) is 22.6. The molecule has 2 aromatic carbocycles. The van der Waals surface area contributed by atoms with Gasteiger partial charge in [0.15, 0.2) is 5.82 Å². The van der Waals surface area contributed by atoms with Crippen molar-refractivity contribution in [2.45, 2.75) is 13.0 Å². The van der Waals surface area contributed by atoms with Gasteiger partial charge < -0.3 is 14.9 Å². The first-order valence-electron chi connectivity index (χ1n) is 10.3. The van der Waals surface area contributed by atoms with Crippen LogP contribution in [-0.4, -0.2) is 30.0 Å². The molecule has 0 unspecified atom stereocenters. The van der Waals surface area contributed by atoms with Gasteiger partial charge in [0, 0.05) is 54.9 Å². The molecule has 0 bridgehead atoms. The first-order valence-corrected chi connectivity index (χ1v) is 10.3. The van der Waals surface area contributed by atoms with Crippen molar-refractivity contribution in [1.82, 2.24) is 23.5 Å². The molecule has 3 aromatic heterocycles. The molecular formula is C23H23ClF2N6O. The summed E-state index contributed by atoms with van der Waals surface area (Å²) in [6, 6.07) is 9.01. The highest BCUT2D eigenvalue weighted by Crippen LogP contribution is 2.33. The summed E-state index contributed by atoms with van der Waals surface area (Å²) in [5, 5.41) is 5.68. The van der Waals surface area contributed by atoms with Gasteiger partial charge in [-0.15, -0.1) is 17.5 Å². The standard InChI is InChI=1S/C23H22F2N6O.ClH/c1-28-12-18(16-10-14(24)4-6-19(16)28)22-27-29(2)23(32)31(22)21-13-30(9-3-8-26)20-7-5-15(25)11-17(20)21;/h4-7,10-13H,3,8-9,26H2,1-2H3;1H. The fourth-order valence-electron chi connectivity index (χ4n) is 4.27. The van der Waals surface area contributed by atoms with Crippen molar-refractivity contribution in [1.29, 1.82) is 0 Å². The van der Waals surface area contributed by atoms with Crippen LogP contribution in [0.25, 0.3) is 38.9 Å². The second-order valence-electron chi connectivity index (χ2n) is 7.89. The first kappa shape index (κ1) is 22.8. The Hall–Kier alpha value is -3.43. The Morgan fingerprint density at radius 1 is 0.970 bits per heavy atom. The predicted molar refractivity (Wildman–Crippen MR) is 127 cm³/mol. The van der Waals surface area contributed by atoms with Gasteiger partial charge in [0.1, 0.15) is 11.6 Å². The van der Waals surface area contributed by atoms with Crippen molar-refractivity contribution in [3.8, 4) is 17.1 Å². The summed E-state index contributed by atoms with van der Waals surface area (Å²) in [6.07, 6.45) is 4.37. The topological polar surface area (TPSA) is 75.7 Å². The summed E-state index contributed by atoms with van der Waals surface area (Å²) in [4.78, 5) is 13.2. The SMILES string of the molecule is Cl.Cn1nc(-c2cn(C)c3ccc(F)cc23)n(-c2cn(CCCN)c3ccc(F)cc23)c1=O. The zero-order valence-corrected chi connectivity index (χ0v) is 18.9. The third-order valence-corrected chi connectivity index (χ3v) is 5.78. The number of nitrogens with zero attached hydrogens (tertiary/aromatic N) is 5. The molecule has 0 radical (unpaired) electrons. The van der Waals surface area contributed by atoms with E-state index in [1.165, 1.54) is 33.5 Å². The molecule has 33 heavy (non-hydrogen) atoms. The molecule has 5 rings (SSSR count). The number of aromatic nitrogens is 5. The molecule has 0 amide bonds. The van der Waals surface area contributed by atoms with Crippen LogP contribution in [-0.2, 0) is 20.6 Å². The first-order chi connectivity index (χ1) is 15.4. The van der Waals surface area contributed by atoms with Gasteiger partial charge in [-0.05, 0) is 49.4 Å². The molecule has 5 aromatic rings. The zero-order valence-electron chi connectivity index (χ0n) is 18.1. The molecule has 172 valence electrons. The van der Waals surface area contributed by atoms with Gasteiger partial charge in [-0.3, -0.25) is 0 Å². The molecule has 0 aliphatic carbocycles. The minimum atomic E-state index is -0.402. The van der Waals surface area contributed by atoms with Crippen LogP contribution < -0.4 is 11.4 Å². The molecule has 2 N–H and O–H groups in total.